The van der Waals surface area contributed by atoms with Crippen molar-refractivity contribution in [2.24, 2.45) is 5.92 Å². The van der Waals surface area contributed by atoms with Gasteiger partial charge in [-0.15, -0.1) is 0 Å². The molecule has 0 aliphatic carbocycles. The van der Waals surface area contributed by atoms with Crippen molar-refractivity contribution in [2.45, 2.75) is 19.1 Å². The van der Waals surface area contributed by atoms with E-state index in [4.69, 9.17) is 4.74 Å². The first-order valence-electron chi connectivity index (χ1n) is 8.14. The van der Waals surface area contributed by atoms with Gasteiger partial charge >= 0.3 is 0 Å². The minimum absolute atomic E-state index is 0.0915. The molecule has 2 fully saturated rings. The van der Waals surface area contributed by atoms with E-state index in [0.717, 1.165) is 12.1 Å². The lowest BCUT2D eigenvalue weighted by Gasteiger charge is -2.23. The van der Waals surface area contributed by atoms with Crippen LogP contribution < -0.4 is 10.6 Å². The second-order valence-electron chi connectivity index (χ2n) is 6.14. The summed E-state index contributed by atoms with van der Waals surface area (Å²) in [5.74, 6) is 0.238. The number of benzene rings is 1. The molecule has 0 bridgehead atoms. The maximum Gasteiger partial charge on any atom is 0.250 e. The zero-order valence-corrected chi connectivity index (χ0v) is 13.2. The molecule has 0 saturated carbocycles. The first-order valence-corrected chi connectivity index (χ1v) is 8.14. The third kappa shape index (κ3) is 4.30. The van der Waals surface area contributed by atoms with Crippen molar-refractivity contribution in [2.75, 3.05) is 32.8 Å². The Labute approximate surface area is 136 Å². The molecule has 23 heavy (non-hydrogen) atoms. The van der Waals surface area contributed by atoms with Crippen molar-refractivity contribution < 1.29 is 14.3 Å². The summed E-state index contributed by atoms with van der Waals surface area (Å²) in [7, 11) is 0. The molecule has 2 aliphatic rings. The van der Waals surface area contributed by atoms with Gasteiger partial charge < -0.3 is 20.3 Å². The fourth-order valence-electron chi connectivity index (χ4n) is 3.04. The van der Waals surface area contributed by atoms with Crippen LogP contribution in [0.15, 0.2) is 30.3 Å². The Balaban J connectivity index is 1.45. The van der Waals surface area contributed by atoms with E-state index in [9.17, 15) is 9.59 Å². The highest BCUT2D eigenvalue weighted by molar-refractivity contribution is 5.81. The van der Waals surface area contributed by atoms with Crippen LogP contribution in [0.5, 0.6) is 0 Å². The summed E-state index contributed by atoms with van der Waals surface area (Å²) in [5, 5.41) is 6.05. The molecule has 2 unspecified atom stereocenters. The summed E-state index contributed by atoms with van der Waals surface area (Å²) >= 11 is 0. The molecule has 2 N–H and O–H groups in total. The molecule has 6 heteroatoms. The van der Waals surface area contributed by atoms with Crippen molar-refractivity contribution in [3.05, 3.63) is 35.9 Å². The molecule has 0 radical (unpaired) electrons. The molecule has 2 atom stereocenters. The lowest BCUT2D eigenvalue weighted by molar-refractivity contribution is -0.134. The van der Waals surface area contributed by atoms with Gasteiger partial charge in [-0.25, -0.2) is 0 Å². The average Bonchev–Trinajstić information content (AvgIpc) is 2.94. The highest BCUT2D eigenvalue weighted by Crippen LogP contribution is 2.19. The van der Waals surface area contributed by atoms with Crippen LogP contribution in [0.25, 0.3) is 0 Å². The largest absolute Gasteiger partial charge is 0.366 e. The molecule has 2 saturated heterocycles. The minimum Gasteiger partial charge on any atom is -0.366 e. The smallest absolute Gasteiger partial charge is 0.250 e. The van der Waals surface area contributed by atoms with Crippen LogP contribution in [0, 0.1) is 5.92 Å². The SMILES string of the molecule is O=C(NCC1CC(=O)N(Cc2ccccc2)C1)C1CNCCO1. The summed E-state index contributed by atoms with van der Waals surface area (Å²) in [4.78, 5) is 26.0. The monoisotopic (exact) mass is 317 g/mol. The molecule has 3 rings (SSSR count). The van der Waals surface area contributed by atoms with Crippen LogP contribution in [0.1, 0.15) is 12.0 Å². The zero-order valence-electron chi connectivity index (χ0n) is 13.2. The van der Waals surface area contributed by atoms with E-state index < -0.39 is 6.10 Å². The molecule has 0 aromatic heterocycles. The molecular weight excluding hydrogens is 294 g/mol. The van der Waals surface area contributed by atoms with Crippen molar-refractivity contribution in [3.63, 3.8) is 0 Å². The summed E-state index contributed by atoms with van der Waals surface area (Å²) in [6.45, 7) is 3.75. The Morgan fingerprint density at radius 2 is 2.17 bits per heavy atom. The Kier molecular flexibility index (Phi) is 5.25. The van der Waals surface area contributed by atoms with E-state index in [2.05, 4.69) is 10.6 Å². The van der Waals surface area contributed by atoms with Crippen molar-refractivity contribution in [1.29, 1.82) is 0 Å². The quantitative estimate of drug-likeness (QED) is 0.810. The number of hydrogen-bond acceptors (Lipinski definition) is 4. The van der Waals surface area contributed by atoms with Gasteiger partial charge in [0.05, 0.1) is 6.61 Å². The number of nitrogens with one attached hydrogen (secondary N) is 2. The number of ether oxygens (including phenoxy) is 1. The Morgan fingerprint density at radius 3 is 2.91 bits per heavy atom. The minimum atomic E-state index is -0.415. The number of hydrogen-bond donors (Lipinski definition) is 2. The molecule has 1 aromatic rings. The molecule has 2 amide bonds. The van der Waals surface area contributed by atoms with Crippen LogP contribution in [-0.4, -0.2) is 55.6 Å². The summed E-state index contributed by atoms with van der Waals surface area (Å²) in [5.41, 5.74) is 1.13. The van der Waals surface area contributed by atoms with E-state index in [1.807, 2.05) is 35.2 Å². The van der Waals surface area contributed by atoms with E-state index in [-0.39, 0.29) is 17.7 Å². The number of morpholine rings is 1. The Bertz CT molecular complexity index is 543. The number of rotatable bonds is 5. The predicted molar refractivity (Wildman–Crippen MR) is 85.6 cm³/mol. The van der Waals surface area contributed by atoms with E-state index >= 15 is 0 Å². The summed E-state index contributed by atoms with van der Waals surface area (Å²) in [6.07, 6.45) is 0.0814. The number of carbonyl (C=O) groups excluding carboxylic acids is 2. The molecular formula is C17H23N3O3. The topological polar surface area (TPSA) is 70.7 Å². The third-order valence-electron chi connectivity index (χ3n) is 4.30. The van der Waals surface area contributed by atoms with Gasteiger partial charge in [0.25, 0.3) is 0 Å². The lowest BCUT2D eigenvalue weighted by atomic mass is 10.1. The number of carbonyl (C=O) groups is 2. The second kappa shape index (κ2) is 7.57. The van der Waals surface area contributed by atoms with E-state index in [1.54, 1.807) is 0 Å². The highest BCUT2D eigenvalue weighted by Gasteiger charge is 2.30. The summed E-state index contributed by atoms with van der Waals surface area (Å²) < 4.78 is 5.42. The van der Waals surface area contributed by atoms with Gasteiger partial charge in [0.1, 0.15) is 6.10 Å². The van der Waals surface area contributed by atoms with Gasteiger partial charge in [-0.1, -0.05) is 30.3 Å². The standard InChI is InChI=1S/C17H23N3O3/c21-16-8-14(9-19-17(22)15-10-18-6-7-23-15)12-20(16)11-13-4-2-1-3-5-13/h1-5,14-15,18H,6-12H2,(H,19,22). The van der Waals surface area contributed by atoms with Crippen molar-refractivity contribution in [1.82, 2.24) is 15.5 Å². The molecule has 6 nitrogen and oxygen atoms in total. The first-order chi connectivity index (χ1) is 11.2. The van der Waals surface area contributed by atoms with Gasteiger partial charge in [0.15, 0.2) is 0 Å². The van der Waals surface area contributed by atoms with Crippen molar-refractivity contribution in [3.8, 4) is 0 Å². The number of nitrogens with zero attached hydrogens (tertiary/aromatic N) is 1. The van der Waals surface area contributed by atoms with Gasteiger partial charge in [0.2, 0.25) is 11.8 Å². The van der Waals surface area contributed by atoms with Gasteiger partial charge in [-0.2, -0.15) is 0 Å². The Hall–Kier alpha value is -1.92. The normalized spacial score (nSPS) is 24.7. The van der Waals surface area contributed by atoms with Gasteiger partial charge in [0, 0.05) is 45.1 Å². The average molecular weight is 317 g/mol. The van der Waals surface area contributed by atoms with Crippen LogP contribution in [0.4, 0.5) is 0 Å². The predicted octanol–water partition coefficient (Wildman–Crippen LogP) is 0.140. The lowest BCUT2D eigenvalue weighted by Crippen LogP contribution is -2.48. The number of amides is 2. The van der Waals surface area contributed by atoms with Crippen molar-refractivity contribution >= 4 is 11.8 Å². The highest BCUT2D eigenvalue weighted by atomic mass is 16.5. The van der Waals surface area contributed by atoms with Gasteiger partial charge in [-0.05, 0) is 5.56 Å². The summed E-state index contributed by atoms with van der Waals surface area (Å²) in [6, 6.07) is 9.97. The van der Waals surface area contributed by atoms with Gasteiger partial charge in [-0.3, -0.25) is 9.59 Å². The van der Waals surface area contributed by atoms with E-state index in [0.29, 0.717) is 39.2 Å². The zero-order chi connectivity index (χ0) is 16.1. The maximum absolute atomic E-state index is 12.1. The molecule has 1 aromatic carbocycles. The number of likely N-dealkylation sites (tertiary alicyclic amines) is 1. The van der Waals surface area contributed by atoms with Crippen LogP contribution in [-0.2, 0) is 20.9 Å². The molecule has 0 spiro atoms. The van der Waals surface area contributed by atoms with Crippen LogP contribution in [0.3, 0.4) is 0 Å². The van der Waals surface area contributed by atoms with Crippen LogP contribution in [0.2, 0.25) is 0 Å². The third-order valence-corrected chi connectivity index (χ3v) is 4.30. The molecule has 124 valence electrons. The van der Waals surface area contributed by atoms with Crippen LogP contribution >= 0.6 is 0 Å². The fourth-order valence-corrected chi connectivity index (χ4v) is 3.04. The second-order valence-corrected chi connectivity index (χ2v) is 6.14. The molecule has 2 aliphatic heterocycles. The maximum atomic E-state index is 12.1. The first kappa shape index (κ1) is 16.0. The fraction of sp³-hybridized carbons (Fsp3) is 0.529. The molecule has 2 heterocycles. The van der Waals surface area contributed by atoms with E-state index in [1.165, 1.54) is 0 Å². The Morgan fingerprint density at radius 1 is 1.35 bits per heavy atom.